The number of carbonyl (C=O) groups is 2. The Morgan fingerprint density at radius 1 is 1.25 bits per heavy atom. The first-order valence-electron chi connectivity index (χ1n) is 5.51. The van der Waals surface area contributed by atoms with E-state index >= 15 is 0 Å². The molecule has 5 nitrogen and oxygen atoms in total. The molecule has 0 fully saturated rings. The van der Waals surface area contributed by atoms with Crippen LogP contribution in [-0.2, 0) is 42.0 Å². The summed E-state index contributed by atoms with van der Waals surface area (Å²) in [6.07, 6.45) is 7.53. The summed E-state index contributed by atoms with van der Waals surface area (Å²) in [5, 5.41) is 17.8. The van der Waals surface area contributed by atoms with E-state index in [-0.39, 0.29) is 40.0 Å². The quantitative estimate of drug-likeness (QED) is 0.277. The van der Waals surface area contributed by atoms with Gasteiger partial charge in [-0.05, 0) is 6.92 Å². The van der Waals surface area contributed by atoms with Gasteiger partial charge in [0.2, 0.25) is 0 Å². The number of ether oxygens (including phenoxy) is 1. The summed E-state index contributed by atoms with van der Waals surface area (Å²) < 4.78 is 4.75. The number of hydrogen-bond donors (Lipinski definition) is 1. The smallest absolute Gasteiger partial charge is 0.550 e. The van der Waals surface area contributed by atoms with Crippen molar-refractivity contribution in [1.29, 1.82) is 0 Å². The third-order valence-electron chi connectivity index (χ3n) is 1.75. The van der Waals surface area contributed by atoms with Crippen molar-refractivity contribution < 1.29 is 52.2 Å². The third kappa shape index (κ3) is 11.9. The number of carbonyl (C=O) groups excluding carboxylic acids is 2. The third-order valence-corrected chi connectivity index (χ3v) is 1.75. The van der Waals surface area contributed by atoms with Crippen molar-refractivity contribution in [1.82, 2.24) is 0 Å². The summed E-state index contributed by atoms with van der Waals surface area (Å²) in [5.41, 5.74) is 3.58. The Balaban J connectivity index is 0. The topological polar surface area (TPSA) is 86.7 Å². The number of rotatable bonds is 2. The standard InChI is InChI=1S/C12H13O3.C2H4O2.Hg/c1-9-3-5-11(6-4-9)7-12(8-13)15-10(2)14;1-2(3)4;/h3-6,13H,8H2,1-2H3;1H3,(H,3,4);/q;;+1/p-1. The minimum Gasteiger partial charge on any atom is -0.550 e. The van der Waals surface area contributed by atoms with E-state index in [9.17, 15) is 4.79 Å². The predicted octanol–water partition coefficient (Wildman–Crippen LogP) is 0.425. The van der Waals surface area contributed by atoms with E-state index < -0.39 is 11.9 Å². The molecule has 1 aliphatic carbocycles. The molecule has 0 aliphatic heterocycles. The van der Waals surface area contributed by atoms with Crippen molar-refractivity contribution in [3.05, 3.63) is 47.3 Å². The summed E-state index contributed by atoms with van der Waals surface area (Å²) in [7, 11) is 0. The van der Waals surface area contributed by atoms with Gasteiger partial charge in [-0.3, -0.25) is 4.79 Å². The second kappa shape index (κ2) is 11.6. The molecular weight excluding hydrogens is 449 g/mol. The van der Waals surface area contributed by atoms with Gasteiger partial charge in [0.15, 0.2) is 5.76 Å². The Morgan fingerprint density at radius 2 is 1.70 bits per heavy atom. The second-order valence-corrected chi connectivity index (χ2v) is 3.66. The molecule has 0 aromatic carbocycles. The van der Waals surface area contributed by atoms with Crippen LogP contribution in [0.15, 0.2) is 41.4 Å². The fraction of sp³-hybridized carbons (Fsp3) is 0.286. The molecule has 104 valence electrons. The molecule has 2 radical (unpaired) electrons. The van der Waals surface area contributed by atoms with Crippen LogP contribution in [0.5, 0.6) is 0 Å². The van der Waals surface area contributed by atoms with Gasteiger partial charge >= 0.3 is 33.6 Å². The average Bonchev–Trinajstić information content (AvgIpc) is 2.30. The van der Waals surface area contributed by atoms with Gasteiger partial charge in [-0.15, -0.1) is 0 Å². The van der Waals surface area contributed by atoms with Crippen LogP contribution in [-0.4, -0.2) is 23.7 Å². The predicted molar refractivity (Wildman–Crippen MR) is 67.3 cm³/mol. The van der Waals surface area contributed by atoms with Crippen LogP contribution in [0, 0.1) is 5.92 Å². The van der Waals surface area contributed by atoms with Crippen molar-refractivity contribution in [3.8, 4) is 0 Å². The van der Waals surface area contributed by atoms with Gasteiger partial charge in [-0.25, -0.2) is 0 Å². The van der Waals surface area contributed by atoms with E-state index in [2.05, 4.69) is 5.73 Å². The number of esters is 1. The van der Waals surface area contributed by atoms with Crippen molar-refractivity contribution in [2.75, 3.05) is 6.61 Å². The van der Waals surface area contributed by atoms with Crippen molar-refractivity contribution >= 4 is 11.9 Å². The Morgan fingerprint density at radius 3 is 2.05 bits per heavy atom. The van der Waals surface area contributed by atoms with E-state index in [4.69, 9.17) is 19.7 Å². The Labute approximate surface area is 138 Å². The van der Waals surface area contributed by atoms with Gasteiger partial charge < -0.3 is 19.7 Å². The second-order valence-electron chi connectivity index (χ2n) is 3.66. The average molecular weight is 465 g/mol. The molecular formula is C14H16HgO5. The molecule has 0 heterocycles. The maximum absolute atomic E-state index is 10.7. The molecule has 1 aliphatic rings. The van der Waals surface area contributed by atoms with Gasteiger partial charge in [0, 0.05) is 24.4 Å². The van der Waals surface area contributed by atoms with Crippen LogP contribution in [0.2, 0.25) is 0 Å². The zero-order chi connectivity index (χ0) is 14.8. The number of aliphatic carboxylic acids is 1. The molecule has 0 aromatic rings. The molecule has 0 saturated heterocycles. The monoisotopic (exact) mass is 466 g/mol. The van der Waals surface area contributed by atoms with E-state index in [1.807, 2.05) is 31.2 Å². The Kier molecular flexibility index (Phi) is 12.3. The van der Waals surface area contributed by atoms with Crippen LogP contribution in [0.4, 0.5) is 0 Å². The van der Waals surface area contributed by atoms with Crippen LogP contribution in [0.1, 0.15) is 20.8 Å². The van der Waals surface area contributed by atoms with Gasteiger partial charge in [0.05, 0.1) is 0 Å². The maximum Gasteiger partial charge on any atom is 1.00 e. The fourth-order valence-corrected chi connectivity index (χ4v) is 1.07. The largest absolute Gasteiger partial charge is 1.00 e. The fourth-order valence-electron chi connectivity index (χ4n) is 1.07. The maximum atomic E-state index is 10.7. The summed E-state index contributed by atoms with van der Waals surface area (Å²) in [6, 6.07) is 0. The number of carboxylic acid groups (broad SMARTS) is 1. The zero-order valence-corrected chi connectivity index (χ0v) is 17.3. The van der Waals surface area contributed by atoms with Gasteiger partial charge in [-0.1, -0.05) is 37.0 Å². The molecule has 6 heteroatoms. The molecule has 0 unspecified atom stereocenters. The number of allylic oxidation sites excluding steroid dienone is 4. The Bertz CT molecular complexity index is 436. The van der Waals surface area contributed by atoms with E-state index in [1.165, 1.54) is 6.92 Å². The van der Waals surface area contributed by atoms with Crippen molar-refractivity contribution in [3.63, 3.8) is 0 Å². The first-order valence-corrected chi connectivity index (χ1v) is 5.51. The molecule has 0 bridgehead atoms. The summed E-state index contributed by atoms with van der Waals surface area (Å²) in [5.74, 6) is -0.274. The molecule has 0 aromatic heterocycles. The minimum atomic E-state index is -1.08. The number of aliphatic hydroxyl groups excluding tert-OH is 1. The van der Waals surface area contributed by atoms with Gasteiger partial charge in [0.1, 0.15) is 6.61 Å². The molecule has 1 rings (SSSR count). The molecule has 0 saturated carbocycles. The molecule has 0 atom stereocenters. The Hall–Kier alpha value is -1.16. The van der Waals surface area contributed by atoms with Crippen LogP contribution in [0.3, 0.4) is 0 Å². The normalized spacial score (nSPS) is 12.5. The first-order chi connectivity index (χ1) is 8.85. The van der Waals surface area contributed by atoms with Gasteiger partial charge in [0.25, 0.3) is 0 Å². The van der Waals surface area contributed by atoms with Crippen LogP contribution in [0.25, 0.3) is 0 Å². The molecule has 0 amide bonds. The van der Waals surface area contributed by atoms with Crippen molar-refractivity contribution in [2.45, 2.75) is 20.8 Å². The first kappa shape index (κ1) is 21.1. The van der Waals surface area contributed by atoms with E-state index in [0.717, 1.165) is 18.4 Å². The van der Waals surface area contributed by atoms with Gasteiger partial charge in [-0.2, -0.15) is 0 Å². The molecule has 1 N–H and O–H groups in total. The number of hydrogen-bond acceptors (Lipinski definition) is 5. The number of carboxylic acids is 1. The van der Waals surface area contributed by atoms with E-state index in [1.54, 1.807) is 0 Å². The summed E-state index contributed by atoms with van der Waals surface area (Å²) in [6.45, 7) is 3.90. The minimum absolute atomic E-state index is 0. The summed E-state index contributed by atoms with van der Waals surface area (Å²) >= 11 is 0. The van der Waals surface area contributed by atoms with Crippen LogP contribution < -0.4 is 5.11 Å². The summed E-state index contributed by atoms with van der Waals surface area (Å²) in [4.78, 5) is 19.6. The number of aliphatic hydroxyl groups is 1. The van der Waals surface area contributed by atoms with Crippen LogP contribution >= 0.6 is 0 Å². The van der Waals surface area contributed by atoms with Crippen molar-refractivity contribution in [2.24, 2.45) is 0 Å². The molecule has 0 spiro atoms. The van der Waals surface area contributed by atoms with E-state index in [0.29, 0.717) is 0 Å². The molecule has 20 heavy (non-hydrogen) atoms. The zero-order valence-electron chi connectivity index (χ0n) is 11.8. The SMILES string of the molecule is CC(=O)[O-].C[C]1C=CC(=C=C(CO)OC(C)=O)C=C1.[Hg+].